The second-order valence-corrected chi connectivity index (χ2v) is 9.64. The molecule has 1 atom stereocenters. The van der Waals surface area contributed by atoms with Crippen molar-refractivity contribution < 1.29 is 9.53 Å². The van der Waals surface area contributed by atoms with E-state index in [0.29, 0.717) is 35.9 Å². The molecule has 0 radical (unpaired) electrons. The molecule has 0 N–H and O–H groups in total. The van der Waals surface area contributed by atoms with Crippen LogP contribution in [0.15, 0.2) is 72.4 Å². The number of carbonyl (C=O) groups excluding carboxylic acids is 1. The number of piperazine rings is 1. The highest BCUT2D eigenvalue weighted by molar-refractivity contribution is 7.99. The maximum Gasteiger partial charge on any atom is 0.233 e. The molecule has 1 aliphatic heterocycles. The van der Waals surface area contributed by atoms with Gasteiger partial charge in [0.25, 0.3) is 0 Å². The fourth-order valence-corrected chi connectivity index (χ4v) is 5.09. The summed E-state index contributed by atoms with van der Waals surface area (Å²) in [5.74, 6) is 1.98. The van der Waals surface area contributed by atoms with Crippen molar-refractivity contribution in [3.8, 4) is 5.75 Å². The zero-order valence-corrected chi connectivity index (χ0v) is 21.3. The summed E-state index contributed by atoms with van der Waals surface area (Å²) in [5, 5.41) is 9.33. The first kappa shape index (κ1) is 25.0. The number of aryl methyl sites for hydroxylation is 1. The molecule has 8 heteroatoms. The lowest BCUT2D eigenvalue weighted by molar-refractivity contribution is -0.130. The lowest BCUT2D eigenvalue weighted by atomic mass is 10.1. The van der Waals surface area contributed by atoms with Crippen molar-refractivity contribution in [3.05, 3.63) is 84.2 Å². The van der Waals surface area contributed by atoms with Gasteiger partial charge in [-0.3, -0.25) is 14.3 Å². The molecule has 0 spiro atoms. The number of ether oxygens (including phenoxy) is 1. The lowest BCUT2D eigenvalue weighted by Gasteiger charge is -2.38. The van der Waals surface area contributed by atoms with Crippen LogP contribution in [0.3, 0.4) is 0 Å². The second-order valence-electron chi connectivity index (χ2n) is 8.70. The van der Waals surface area contributed by atoms with E-state index in [4.69, 9.17) is 4.74 Å². The number of aromatic nitrogens is 3. The van der Waals surface area contributed by atoms with Crippen molar-refractivity contribution in [2.24, 2.45) is 0 Å². The Balaban J connectivity index is 1.29. The monoisotopic (exact) mass is 491 g/mol. The summed E-state index contributed by atoms with van der Waals surface area (Å²) in [6, 6.07) is 18.8. The summed E-state index contributed by atoms with van der Waals surface area (Å²) in [5.41, 5.74) is 2.45. The predicted octanol–water partition coefficient (Wildman–Crippen LogP) is 4.35. The molecule has 0 bridgehead atoms. The summed E-state index contributed by atoms with van der Waals surface area (Å²) in [6.07, 6.45) is 1.80. The van der Waals surface area contributed by atoms with Crippen molar-refractivity contribution in [1.29, 1.82) is 0 Å². The van der Waals surface area contributed by atoms with Gasteiger partial charge in [0.2, 0.25) is 5.91 Å². The number of nitrogens with zero attached hydrogens (tertiary/aromatic N) is 5. The third kappa shape index (κ3) is 6.52. The molecule has 2 aromatic carbocycles. The van der Waals surface area contributed by atoms with Crippen LogP contribution < -0.4 is 4.74 Å². The third-order valence-electron chi connectivity index (χ3n) is 6.28. The molecule has 1 aliphatic rings. The van der Waals surface area contributed by atoms with Gasteiger partial charge in [-0.1, -0.05) is 60.3 Å². The van der Waals surface area contributed by atoms with E-state index in [1.807, 2.05) is 46.7 Å². The van der Waals surface area contributed by atoms with Crippen LogP contribution in [0.2, 0.25) is 0 Å². The molecular weight excluding hydrogens is 458 g/mol. The van der Waals surface area contributed by atoms with Gasteiger partial charge in [0.15, 0.2) is 11.0 Å². The molecule has 4 rings (SSSR count). The van der Waals surface area contributed by atoms with Crippen molar-refractivity contribution in [1.82, 2.24) is 24.6 Å². The van der Waals surface area contributed by atoms with E-state index in [1.165, 1.54) is 17.3 Å². The molecule has 0 saturated carbocycles. The van der Waals surface area contributed by atoms with Gasteiger partial charge in [0, 0.05) is 38.8 Å². The highest BCUT2D eigenvalue weighted by Crippen LogP contribution is 2.23. The summed E-state index contributed by atoms with van der Waals surface area (Å²) >= 11 is 1.42. The van der Waals surface area contributed by atoms with E-state index in [0.717, 1.165) is 37.5 Å². The summed E-state index contributed by atoms with van der Waals surface area (Å²) < 4.78 is 7.87. The van der Waals surface area contributed by atoms with Crippen LogP contribution in [0.25, 0.3) is 0 Å². The van der Waals surface area contributed by atoms with Gasteiger partial charge in [-0.2, -0.15) is 0 Å². The molecule has 0 aliphatic carbocycles. The molecule has 184 valence electrons. The van der Waals surface area contributed by atoms with Crippen LogP contribution in [0.5, 0.6) is 5.75 Å². The molecule has 7 nitrogen and oxygen atoms in total. The molecule has 1 aromatic heterocycles. The van der Waals surface area contributed by atoms with E-state index < -0.39 is 0 Å². The lowest BCUT2D eigenvalue weighted by Crippen LogP contribution is -2.49. The first-order valence-corrected chi connectivity index (χ1v) is 13.0. The van der Waals surface area contributed by atoms with E-state index >= 15 is 0 Å². The molecular formula is C27H33N5O2S. The second kappa shape index (κ2) is 12.0. The number of allylic oxidation sites excluding steroid dienone is 1. The van der Waals surface area contributed by atoms with Crippen molar-refractivity contribution in [3.63, 3.8) is 0 Å². The fraction of sp³-hybridized carbons (Fsp3) is 0.370. The largest absolute Gasteiger partial charge is 0.486 e. The smallest absolute Gasteiger partial charge is 0.233 e. The first-order valence-electron chi connectivity index (χ1n) is 12.0. The highest BCUT2D eigenvalue weighted by atomic mass is 32.2. The van der Waals surface area contributed by atoms with Crippen LogP contribution in [0.4, 0.5) is 0 Å². The van der Waals surface area contributed by atoms with Crippen molar-refractivity contribution in [2.45, 2.75) is 38.2 Å². The Morgan fingerprint density at radius 2 is 1.89 bits per heavy atom. The zero-order valence-electron chi connectivity index (χ0n) is 20.5. The van der Waals surface area contributed by atoms with Crippen LogP contribution >= 0.6 is 11.8 Å². The molecule has 35 heavy (non-hydrogen) atoms. The number of rotatable bonds is 10. The van der Waals surface area contributed by atoms with Crippen LogP contribution in [-0.4, -0.2) is 62.4 Å². The van der Waals surface area contributed by atoms with Crippen LogP contribution in [-0.2, 0) is 17.9 Å². The third-order valence-corrected chi connectivity index (χ3v) is 7.24. The number of thioether (sulfide) groups is 1. The van der Waals surface area contributed by atoms with E-state index in [1.54, 1.807) is 6.08 Å². The van der Waals surface area contributed by atoms with E-state index in [9.17, 15) is 4.79 Å². The Kier molecular flexibility index (Phi) is 8.60. The summed E-state index contributed by atoms with van der Waals surface area (Å²) in [4.78, 5) is 17.3. The first-order chi connectivity index (χ1) is 17.0. The number of hydrogen-bond acceptors (Lipinski definition) is 6. The standard InChI is InChI=1S/C27H33N5O2S/c1-4-13-32-25(19-34-24-12-8-9-21(2)18-24)28-29-27(32)35-20-26(33)31-16-14-30(15-17-31)22(3)23-10-6-5-7-11-23/h4-12,18,22H,1,13-17,19-20H2,2-3H3. The van der Waals surface area contributed by atoms with Gasteiger partial charge >= 0.3 is 0 Å². The molecule has 1 fully saturated rings. The van der Waals surface area contributed by atoms with Gasteiger partial charge in [-0.05, 0) is 37.1 Å². The Bertz CT molecular complexity index is 1130. The minimum Gasteiger partial charge on any atom is -0.486 e. The number of hydrogen-bond donors (Lipinski definition) is 0. The minimum atomic E-state index is 0.132. The molecule has 3 aromatic rings. The van der Waals surface area contributed by atoms with Gasteiger partial charge in [0.1, 0.15) is 12.4 Å². The molecule has 1 unspecified atom stereocenters. The fourth-order valence-electron chi connectivity index (χ4n) is 4.22. The Labute approximate surface area is 211 Å². The maximum atomic E-state index is 12.9. The zero-order chi connectivity index (χ0) is 24.6. The average Bonchev–Trinajstić information content (AvgIpc) is 3.28. The predicted molar refractivity (Wildman–Crippen MR) is 139 cm³/mol. The van der Waals surface area contributed by atoms with Gasteiger partial charge < -0.3 is 9.64 Å². The summed E-state index contributed by atoms with van der Waals surface area (Å²) in [7, 11) is 0. The van der Waals surface area contributed by atoms with Gasteiger partial charge in [-0.15, -0.1) is 16.8 Å². The Hall–Kier alpha value is -3.10. The van der Waals surface area contributed by atoms with Gasteiger partial charge in [0.05, 0.1) is 5.75 Å². The number of amides is 1. The van der Waals surface area contributed by atoms with Crippen molar-refractivity contribution >= 4 is 17.7 Å². The minimum absolute atomic E-state index is 0.132. The number of carbonyl (C=O) groups is 1. The highest BCUT2D eigenvalue weighted by Gasteiger charge is 2.25. The quantitative estimate of drug-likeness (QED) is 0.310. The van der Waals surface area contributed by atoms with Crippen LogP contribution in [0, 0.1) is 6.92 Å². The normalized spacial score (nSPS) is 15.1. The topological polar surface area (TPSA) is 63.5 Å². The summed E-state index contributed by atoms with van der Waals surface area (Å²) in [6.45, 7) is 12.2. The van der Waals surface area contributed by atoms with Crippen molar-refractivity contribution in [2.75, 3.05) is 31.9 Å². The molecule has 2 heterocycles. The molecule has 1 saturated heterocycles. The SMILES string of the molecule is C=CCn1c(COc2cccc(C)c2)nnc1SCC(=O)N1CCN(C(C)c2ccccc2)CC1. The maximum absolute atomic E-state index is 12.9. The van der Waals surface area contributed by atoms with E-state index in [-0.39, 0.29) is 5.91 Å². The Morgan fingerprint density at radius 1 is 1.11 bits per heavy atom. The molecule has 1 amide bonds. The van der Waals surface area contributed by atoms with E-state index in [2.05, 4.69) is 52.9 Å². The number of benzene rings is 2. The average molecular weight is 492 g/mol. The van der Waals surface area contributed by atoms with Crippen LogP contribution in [0.1, 0.15) is 29.9 Å². The van der Waals surface area contributed by atoms with Gasteiger partial charge in [-0.25, -0.2) is 0 Å². The Morgan fingerprint density at radius 3 is 2.60 bits per heavy atom.